The van der Waals surface area contributed by atoms with Gasteiger partial charge < -0.3 is 10.1 Å². The Kier molecular flexibility index (Phi) is 5.25. The van der Waals surface area contributed by atoms with Gasteiger partial charge in [0.25, 0.3) is 0 Å². The van der Waals surface area contributed by atoms with Crippen molar-refractivity contribution in [1.29, 1.82) is 0 Å². The largest absolute Gasteiger partial charge is 0.385 e. The second-order valence-electron chi connectivity index (χ2n) is 6.12. The van der Waals surface area contributed by atoms with Gasteiger partial charge in [-0.05, 0) is 37.8 Å². The van der Waals surface area contributed by atoms with E-state index in [2.05, 4.69) is 15.5 Å². The molecule has 0 saturated heterocycles. The molecule has 5 nitrogen and oxygen atoms in total. The predicted octanol–water partition coefficient (Wildman–Crippen LogP) is 2.47. The number of aromatic nitrogens is 2. The van der Waals surface area contributed by atoms with Crippen LogP contribution in [0.3, 0.4) is 0 Å². The van der Waals surface area contributed by atoms with E-state index in [1.807, 2.05) is 6.07 Å². The number of fused-ring (bicyclic) bond motifs is 1. The van der Waals surface area contributed by atoms with E-state index in [0.717, 1.165) is 41.8 Å². The summed E-state index contributed by atoms with van der Waals surface area (Å²) in [6.07, 6.45) is 3.02. The summed E-state index contributed by atoms with van der Waals surface area (Å²) in [5, 5.41) is 10.4. The van der Waals surface area contributed by atoms with Crippen LogP contribution < -0.4 is 5.32 Å². The Bertz CT molecular complexity index is 714. The van der Waals surface area contributed by atoms with E-state index in [4.69, 9.17) is 4.74 Å². The fourth-order valence-electron chi connectivity index (χ4n) is 3.17. The highest BCUT2D eigenvalue weighted by Crippen LogP contribution is 2.32. The molecule has 24 heavy (non-hydrogen) atoms. The summed E-state index contributed by atoms with van der Waals surface area (Å²) in [7, 11) is 1.65. The molecule has 0 aliphatic heterocycles. The first-order valence-corrected chi connectivity index (χ1v) is 8.27. The van der Waals surface area contributed by atoms with Crippen molar-refractivity contribution in [1.82, 2.24) is 15.5 Å². The van der Waals surface area contributed by atoms with Gasteiger partial charge in [-0.3, -0.25) is 9.89 Å². The van der Waals surface area contributed by atoms with Crippen LogP contribution in [0.2, 0.25) is 0 Å². The quantitative estimate of drug-likeness (QED) is 0.799. The van der Waals surface area contributed by atoms with Gasteiger partial charge in [0.1, 0.15) is 5.82 Å². The third-order valence-corrected chi connectivity index (χ3v) is 4.44. The van der Waals surface area contributed by atoms with E-state index in [0.29, 0.717) is 19.6 Å². The van der Waals surface area contributed by atoms with Crippen molar-refractivity contribution in [2.45, 2.75) is 25.7 Å². The number of aromatic amines is 1. The first-order chi connectivity index (χ1) is 11.7. The maximum atomic E-state index is 13.5. The number of benzene rings is 1. The molecule has 1 aromatic carbocycles. The molecule has 2 aromatic rings. The summed E-state index contributed by atoms with van der Waals surface area (Å²) >= 11 is 0. The van der Waals surface area contributed by atoms with Gasteiger partial charge in [0.2, 0.25) is 5.91 Å². The van der Waals surface area contributed by atoms with Crippen molar-refractivity contribution in [2.75, 3.05) is 20.3 Å². The molecule has 3 rings (SSSR count). The molecule has 0 bridgehead atoms. The number of rotatable bonds is 6. The Morgan fingerprint density at radius 2 is 2.38 bits per heavy atom. The van der Waals surface area contributed by atoms with Crippen molar-refractivity contribution in [3.05, 3.63) is 41.3 Å². The van der Waals surface area contributed by atoms with Crippen molar-refractivity contribution in [3.8, 4) is 11.3 Å². The number of carbonyl (C=O) groups is 1. The van der Waals surface area contributed by atoms with Crippen molar-refractivity contribution in [2.24, 2.45) is 5.92 Å². The van der Waals surface area contributed by atoms with Crippen LogP contribution in [0.25, 0.3) is 11.3 Å². The second-order valence-corrected chi connectivity index (χ2v) is 6.12. The lowest BCUT2D eigenvalue weighted by molar-refractivity contribution is -0.125. The van der Waals surface area contributed by atoms with Gasteiger partial charge >= 0.3 is 0 Å². The zero-order valence-electron chi connectivity index (χ0n) is 13.8. The van der Waals surface area contributed by atoms with E-state index >= 15 is 0 Å². The van der Waals surface area contributed by atoms with E-state index in [-0.39, 0.29) is 17.6 Å². The Morgan fingerprint density at radius 1 is 1.50 bits per heavy atom. The number of H-pyrrole nitrogens is 1. The fraction of sp³-hybridized carbons (Fsp3) is 0.444. The molecule has 1 aliphatic carbocycles. The summed E-state index contributed by atoms with van der Waals surface area (Å²) < 4.78 is 18.5. The van der Waals surface area contributed by atoms with Crippen LogP contribution in [0.4, 0.5) is 4.39 Å². The molecule has 1 atom stereocenters. The molecular formula is C18H22FN3O2. The summed E-state index contributed by atoms with van der Waals surface area (Å²) in [6, 6.07) is 6.41. The maximum absolute atomic E-state index is 13.5. The minimum atomic E-state index is -0.285. The number of methoxy groups -OCH3 is 1. The Morgan fingerprint density at radius 3 is 3.17 bits per heavy atom. The minimum absolute atomic E-state index is 0.0649. The van der Waals surface area contributed by atoms with E-state index in [1.54, 1.807) is 13.2 Å². The van der Waals surface area contributed by atoms with Crippen molar-refractivity contribution < 1.29 is 13.9 Å². The number of carbonyl (C=O) groups excluding carboxylic acids is 1. The molecule has 0 unspecified atom stereocenters. The smallest absolute Gasteiger partial charge is 0.223 e. The topological polar surface area (TPSA) is 67.0 Å². The molecule has 2 N–H and O–H groups in total. The van der Waals surface area contributed by atoms with Crippen LogP contribution in [0.1, 0.15) is 24.1 Å². The molecular weight excluding hydrogens is 309 g/mol. The highest BCUT2D eigenvalue weighted by Gasteiger charge is 2.28. The zero-order chi connectivity index (χ0) is 16.9. The molecule has 128 valence electrons. The van der Waals surface area contributed by atoms with Crippen molar-refractivity contribution >= 4 is 5.91 Å². The number of aryl methyl sites for hydroxylation is 1. The molecule has 0 spiro atoms. The molecule has 0 radical (unpaired) electrons. The monoisotopic (exact) mass is 331 g/mol. The third-order valence-electron chi connectivity index (χ3n) is 4.44. The standard InChI is InChI=1S/C18H22FN3O2/c1-24-9-3-8-20-18(23)13-6-7-16-15(11-13)17(22-21-16)12-4-2-5-14(19)10-12/h2,4-5,10,13H,3,6-9,11H2,1H3,(H,20,23)(H,21,22)/t13-/m1/s1. The van der Waals surface area contributed by atoms with Gasteiger partial charge in [-0.15, -0.1) is 0 Å². The number of amides is 1. The predicted molar refractivity (Wildman–Crippen MR) is 89.0 cm³/mol. The van der Waals surface area contributed by atoms with Gasteiger partial charge in [0.15, 0.2) is 0 Å². The normalized spacial score (nSPS) is 16.7. The summed E-state index contributed by atoms with van der Waals surface area (Å²) in [5.41, 5.74) is 3.58. The van der Waals surface area contributed by atoms with Gasteiger partial charge in [0.05, 0.1) is 5.69 Å². The molecule has 0 fully saturated rings. The first-order valence-electron chi connectivity index (χ1n) is 8.27. The average Bonchev–Trinajstić information content (AvgIpc) is 3.01. The number of halogens is 1. The van der Waals surface area contributed by atoms with Crippen LogP contribution in [0, 0.1) is 11.7 Å². The van der Waals surface area contributed by atoms with Crippen molar-refractivity contribution in [3.63, 3.8) is 0 Å². The Balaban J connectivity index is 1.71. The zero-order valence-corrected chi connectivity index (χ0v) is 13.8. The highest BCUT2D eigenvalue weighted by atomic mass is 19.1. The highest BCUT2D eigenvalue weighted by molar-refractivity contribution is 5.80. The number of nitrogens with one attached hydrogen (secondary N) is 2. The second kappa shape index (κ2) is 7.57. The number of ether oxygens (including phenoxy) is 1. The van der Waals surface area contributed by atoms with Crippen LogP contribution in [0.5, 0.6) is 0 Å². The third kappa shape index (κ3) is 3.64. The lowest BCUT2D eigenvalue weighted by Gasteiger charge is -2.22. The van der Waals surface area contributed by atoms with Gasteiger partial charge in [-0.1, -0.05) is 12.1 Å². The molecule has 0 saturated carbocycles. The number of nitrogens with zero attached hydrogens (tertiary/aromatic N) is 1. The van der Waals surface area contributed by atoms with E-state index < -0.39 is 0 Å². The molecule has 1 heterocycles. The SMILES string of the molecule is COCCCNC(=O)[C@@H]1CCc2[nH]nc(-c3cccc(F)c3)c2C1. The van der Waals surface area contributed by atoms with Gasteiger partial charge in [-0.25, -0.2) is 4.39 Å². The van der Waals surface area contributed by atoms with Gasteiger partial charge in [0, 0.05) is 43.0 Å². The summed E-state index contributed by atoms with van der Waals surface area (Å²) in [4.78, 5) is 12.4. The van der Waals surface area contributed by atoms with Crippen LogP contribution in [-0.4, -0.2) is 36.4 Å². The van der Waals surface area contributed by atoms with Gasteiger partial charge in [-0.2, -0.15) is 5.10 Å². The maximum Gasteiger partial charge on any atom is 0.223 e. The van der Waals surface area contributed by atoms with E-state index in [1.165, 1.54) is 12.1 Å². The summed E-state index contributed by atoms with van der Waals surface area (Å²) in [6.45, 7) is 1.26. The molecule has 1 amide bonds. The Hall–Kier alpha value is -2.21. The summed E-state index contributed by atoms with van der Waals surface area (Å²) in [5.74, 6) is -0.277. The van der Waals surface area contributed by atoms with Crippen LogP contribution in [0.15, 0.2) is 24.3 Å². The Labute approximate surface area is 140 Å². The lowest BCUT2D eigenvalue weighted by Crippen LogP contribution is -2.34. The lowest BCUT2D eigenvalue weighted by atomic mass is 9.85. The molecule has 1 aliphatic rings. The number of hydrogen-bond acceptors (Lipinski definition) is 3. The fourth-order valence-corrected chi connectivity index (χ4v) is 3.17. The minimum Gasteiger partial charge on any atom is -0.385 e. The first kappa shape index (κ1) is 16.6. The average molecular weight is 331 g/mol. The molecule has 1 aromatic heterocycles. The molecule has 6 heteroatoms. The van der Waals surface area contributed by atoms with Crippen LogP contribution in [-0.2, 0) is 22.4 Å². The van der Waals surface area contributed by atoms with E-state index in [9.17, 15) is 9.18 Å². The van der Waals surface area contributed by atoms with Crippen LogP contribution >= 0.6 is 0 Å². The number of hydrogen-bond donors (Lipinski definition) is 2.